The molecule has 1 amide bonds. The number of nitrogens with zero attached hydrogens (tertiary/aromatic N) is 3. The number of aromatic nitrogens is 2. The van der Waals surface area contributed by atoms with Crippen molar-refractivity contribution < 1.29 is 23.2 Å². The molecule has 1 aliphatic heterocycles. The molecule has 0 saturated heterocycles. The van der Waals surface area contributed by atoms with Gasteiger partial charge in [-0.1, -0.05) is 11.2 Å². The molecule has 3 aromatic rings. The predicted octanol–water partition coefficient (Wildman–Crippen LogP) is 5.06. The second-order valence-electron chi connectivity index (χ2n) is 8.77. The first-order valence-electron chi connectivity index (χ1n) is 10.5. The van der Waals surface area contributed by atoms with E-state index in [4.69, 9.17) is 14.0 Å². The van der Waals surface area contributed by atoms with Gasteiger partial charge in [-0.2, -0.15) is 0 Å². The summed E-state index contributed by atoms with van der Waals surface area (Å²) in [7, 11) is 0. The van der Waals surface area contributed by atoms with Gasteiger partial charge in [0.05, 0.1) is 17.8 Å². The van der Waals surface area contributed by atoms with Gasteiger partial charge in [-0.3, -0.25) is 0 Å². The minimum atomic E-state index is -0.528. The summed E-state index contributed by atoms with van der Waals surface area (Å²) in [6.45, 7) is 8.59. The number of hydrogen-bond acceptors (Lipinski definition) is 6. The zero-order valence-corrected chi connectivity index (χ0v) is 18.6. The summed E-state index contributed by atoms with van der Waals surface area (Å²) in [5.74, 6) is 0.811. The van der Waals surface area contributed by atoms with E-state index in [2.05, 4.69) is 10.1 Å². The lowest BCUT2D eigenvalue weighted by Gasteiger charge is -2.30. The first kappa shape index (κ1) is 21.8. The zero-order chi connectivity index (χ0) is 22.9. The molecule has 0 bridgehead atoms. The molecule has 0 fully saturated rings. The van der Waals surface area contributed by atoms with Crippen molar-refractivity contribution in [3.63, 3.8) is 0 Å². The van der Waals surface area contributed by atoms with Crippen molar-refractivity contribution in [3.8, 4) is 17.1 Å². The summed E-state index contributed by atoms with van der Waals surface area (Å²) >= 11 is 0. The van der Waals surface area contributed by atoms with Crippen LogP contribution < -0.4 is 4.74 Å². The van der Waals surface area contributed by atoms with Crippen LogP contribution in [0.1, 0.15) is 43.4 Å². The van der Waals surface area contributed by atoms with E-state index >= 15 is 0 Å². The number of hydrogen-bond donors (Lipinski definition) is 0. The monoisotopic (exact) mass is 439 g/mol. The van der Waals surface area contributed by atoms with E-state index in [1.54, 1.807) is 23.1 Å². The number of amides is 1. The molecule has 0 atom stereocenters. The molecule has 168 valence electrons. The third-order valence-corrected chi connectivity index (χ3v) is 5.14. The van der Waals surface area contributed by atoms with Crippen molar-refractivity contribution in [1.82, 2.24) is 15.0 Å². The van der Waals surface area contributed by atoms with Gasteiger partial charge in [0.15, 0.2) is 0 Å². The summed E-state index contributed by atoms with van der Waals surface area (Å²) in [6.07, 6.45) is 0.304. The maximum Gasteiger partial charge on any atom is 0.410 e. The quantitative estimate of drug-likeness (QED) is 0.566. The van der Waals surface area contributed by atoms with Crippen molar-refractivity contribution in [3.05, 3.63) is 64.8 Å². The molecular formula is C24H26FN3O4. The fourth-order valence-electron chi connectivity index (χ4n) is 3.50. The highest BCUT2D eigenvalue weighted by atomic mass is 19.1. The minimum Gasteiger partial charge on any atom is -0.473 e. The van der Waals surface area contributed by atoms with Gasteiger partial charge in [-0.15, -0.1) is 0 Å². The number of fused-ring (bicyclic) bond motifs is 1. The predicted molar refractivity (Wildman–Crippen MR) is 116 cm³/mol. The number of carbonyl (C=O) groups is 1. The lowest BCUT2D eigenvalue weighted by Crippen LogP contribution is -2.40. The molecule has 8 heteroatoms. The molecule has 3 heterocycles. The Balaban J connectivity index is 1.44. The summed E-state index contributed by atoms with van der Waals surface area (Å²) in [6, 6.07) is 9.80. The van der Waals surface area contributed by atoms with Crippen LogP contribution in [0.4, 0.5) is 9.18 Å². The number of carbonyl (C=O) groups excluding carboxylic acids is 1. The molecular weight excluding hydrogens is 413 g/mol. The second-order valence-corrected chi connectivity index (χ2v) is 8.77. The largest absolute Gasteiger partial charge is 0.473 e. The average molecular weight is 439 g/mol. The molecule has 0 N–H and O–H groups in total. The number of ether oxygens (including phenoxy) is 2. The van der Waals surface area contributed by atoms with Gasteiger partial charge in [-0.25, -0.2) is 14.2 Å². The van der Waals surface area contributed by atoms with Crippen molar-refractivity contribution in [2.45, 2.75) is 52.9 Å². The van der Waals surface area contributed by atoms with E-state index in [0.717, 1.165) is 22.4 Å². The Morgan fingerprint density at radius 3 is 2.66 bits per heavy atom. The van der Waals surface area contributed by atoms with Crippen LogP contribution in [-0.4, -0.2) is 33.3 Å². The fraction of sp³-hybridized carbons (Fsp3) is 0.375. The number of aryl methyl sites for hydroxylation is 1. The van der Waals surface area contributed by atoms with Crippen molar-refractivity contribution in [1.29, 1.82) is 0 Å². The molecule has 1 aromatic carbocycles. The average Bonchev–Trinajstić information content (AvgIpc) is 3.11. The van der Waals surface area contributed by atoms with Gasteiger partial charge in [0.25, 0.3) is 0 Å². The van der Waals surface area contributed by atoms with Crippen molar-refractivity contribution in [2.75, 3.05) is 6.54 Å². The van der Waals surface area contributed by atoms with Gasteiger partial charge in [-0.05, 0) is 57.5 Å². The van der Waals surface area contributed by atoms with E-state index in [-0.39, 0.29) is 18.5 Å². The minimum absolute atomic E-state index is 0.220. The molecule has 2 aromatic heterocycles. The van der Waals surface area contributed by atoms with Crippen LogP contribution in [0.25, 0.3) is 11.3 Å². The number of benzene rings is 1. The Labute approximate surface area is 186 Å². The highest BCUT2D eigenvalue weighted by Crippen LogP contribution is 2.27. The fourth-order valence-corrected chi connectivity index (χ4v) is 3.50. The normalized spacial score (nSPS) is 13.6. The third-order valence-electron chi connectivity index (χ3n) is 5.14. The van der Waals surface area contributed by atoms with Crippen LogP contribution in [-0.2, 0) is 24.3 Å². The Morgan fingerprint density at radius 2 is 1.94 bits per heavy atom. The van der Waals surface area contributed by atoms with Crippen molar-refractivity contribution >= 4 is 6.09 Å². The Morgan fingerprint density at radius 1 is 1.19 bits per heavy atom. The topological polar surface area (TPSA) is 77.7 Å². The maximum absolute atomic E-state index is 13.3. The highest BCUT2D eigenvalue weighted by molar-refractivity contribution is 5.68. The van der Waals surface area contributed by atoms with Crippen LogP contribution in [0, 0.1) is 12.7 Å². The smallest absolute Gasteiger partial charge is 0.410 e. The Kier molecular flexibility index (Phi) is 5.86. The van der Waals surface area contributed by atoms with Crippen LogP contribution in [0.3, 0.4) is 0 Å². The molecule has 0 saturated carbocycles. The maximum atomic E-state index is 13.3. The van der Waals surface area contributed by atoms with Gasteiger partial charge in [0, 0.05) is 24.6 Å². The van der Waals surface area contributed by atoms with E-state index in [1.165, 1.54) is 12.1 Å². The van der Waals surface area contributed by atoms with E-state index < -0.39 is 5.60 Å². The second kappa shape index (κ2) is 8.61. The molecule has 0 unspecified atom stereocenters. The first-order chi connectivity index (χ1) is 15.2. The molecule has 7 nitrogen and oxygen atoms in total. The summed E-state index contributed by atoms with van der Waals surface area (Å²) in [4.78, 5) is 18.7. The lowest BCUT2D eigenvalue weighted by molar-refractivity contribution is 0.0222. The lowest BCUT2D eigenvalue weighted by atomic mass is 10.1. The third kappa shape index (κ3) is 4.90. The molecule has 0 aliphatic carbocycles. The van der Waals surface area contributed by atoms with E-state index in [9.17, 15) is 9.18 Å². The number of rotatable bonds is 4. The number of pyridine rings is 1. The molecule has 0 spiro atoms. The summed E-state index contributed by atoms with van der Waals surface area (Å²) in [5.41, 5.74) is 3.51. The first-order valence-corrected chi connectivity index (χ1v) is 10.5. The standard InChI is InChI=1S/C24H26FN3O4/c1-15-19(22(27-32-15)16-5-8-18(25)9-6-16)14-30-21-10-7-17-13-28(12-11-20(17)26-21)23(29)31-24(2,3)4/h5-10H,11-14H2,1-4H3. The van der Waals surface area contributed by atoms with Gasteiger partial charge in [0.2, 0.25) is 5.88 Å². The summed E-state index contributed by atoms with van der Waals surface area (Å²) in [5, 5.41) is 4.10. The van der Waals surface area contributed by atoms with Crippen LogP contribution in [0.2, 0.25) is 0 Å². The van der Waals surface area contributed by atoms with Gasteiger partial charge >= 0.3 is 6.09 Å². The SMILES string of the molecule is Cc1onc(-c2ccc(F)cc2)c1COc1ccc2c(n1)CCN(C(=O)OC(C)(C)C)C2. The summed E-state index contributed by atoms with van der Waals surface area (Å²) < 4.78 is 30.0. The Hall–Kier alpha value is -3.42. The van der Waals surface area contributed by atoms with E-state index in [0.29, 0.717) is 36.8 Å². The zero-order valence-electron chi connectivity index (χ0n) is 18.6. The molecule has 0 radical (unpaired) electrons. The highest BCUT2D eigenvalue weighted by Gasteiger charge is 2.26. The van der Waals surface area contributed by atoms with E-state index in [1.807, 2.05) is 33.8 Å². The molecule has 32 heavy (non-hydrogen) atoms. The van der Waals surface area contributed by atoms with Crippen molar-refractivity contribution in [2.24, 2.45) is 0 Å². The van der Waals surface area contributed by atoms with Gasteiger partial charge in [0.1, 0.15) is 29.5 Å². The molecule has 4 rings (SSSR count). The Bertz CT molecular complexity index is 1120. The van der Waals surface area contributed by atoms with Crippen LogP contribution in [0.5, 0.6) is 5.88 Å². The number of halogens is 1. The van der Waals surface area contributed by atoms with Crippen LogP contribution in [0.15, 0.2) is 40.9 Å². The molecule has 1 aliphatic rings. The van der Waals surface area contributed by atoms with Gasteiger partial charge < -0.3 is 18.9 Å². The van der Waals surface area contributed by atoms with Crippen LogP contribution >= 0.6 is 0 Å².